The van der Waals surface area contributed by atoms with Gasteiger partial charge in [-0.15, -0.1) is 0 Å². The molecule has 0 spiro atoms. The first kappa shape index (κ1) is 15.6. The van der Waals surface area contributed by atoms with Crippen molar-refractivity contribution >= 4 is 31.6 Å². The van der Waals surface area contributed by atoms with Crippen LogP contribution in [0.3, 0.4) is 0 Å². The number of fused-ring (bicyclic) bond motifs is 4. The number of benzene rings is 3. The van der Waals surface area contributed by atoms with Crippen molar-refractivity contribution in [1.29, 1.82) is 0 Å². The third-order valence-electron chi connectivity index (χ3n) is 5.02. The van der Waals surface area contributed by atoms with Crippen molar-refractivity contribution in [3.63, 3.8) is 0 Å². The summed E-state index contributed by atoms with van der Waals surface area (Å²) in [4.78, 5) is 0.622. The maximum atomic E-state index is 13.2. The molecule has 2 heterocycles. The maximum Gasteiger partial charge on any atom is 0.206 e. The minimum atomic E-state index is -3.58. The second-order valence-electron chi connectivity index (χ2n) is 6.60. The summed E-state index contributed by atoms with van der Waals surface area (Å²) in [6.07, 6.45) is 0.849. The number of hydrogen-bond acceptors (Lipinski definition) is 4. The van der Waals surface area contributed by atoms with Gasteiger partial charge in [0.05, 0.1) is 16.3 Å². The van der Waals surface area contributed by atoms with Gasteiger partial charge in [-0.1, -0.05) is 30.3 Å². The molecule has 0 saturated heterocycles. The molecule has 1 aliphatic heterocycles. The van der Waals surface area contributed by atoms with E-state index >= 15 is 0 Å². The Morgan fingerprint density at radius 2 is 1.65 bits per heavy atom. The van der Waals surface area contributed by atoms with E-state index in [0.29, 0.717) is 16.3 Å². The molecule has 4 nitrogen and oxygen atoms in total. The second kappa shape index (κ2) is 5.69. The summed E-state index contributed by atoms with van der Waals surface area (Å²) in [7, 11) is -3.58. The molecule has 5 rings (SSSR count). The molecule has 3 aromatic carbocycles. The topological polar surface area (TPSA) is 59.3 Å². The average molecular weight is 363 g/mol. The standard InChI is InChI=1S/C21H17NO3S/c23-26(24,16-6-5-14-3-1-2-4-15(14)11-16)17-7-8-20-19(12-17)18-9-10-22-13-21(18)25-20/h1-8,11-12,22H,9-10,13H2. The van der Waals surface area contributed by atoms with Crippen molar-refractivity contribution in [3.8, 4) is 0 Å². The molecule has 0 saturated carbocycles. The Kier molecular flexibility index (Phi) is 3.42. The Balaban J connectivity index is 1.67. The number of sulfone groups is 1. The van der Waals surface area contributed by atoms with Gasteiger partial charge < -0.3 is 9.73 Å². The van der Waals surface area contributed by atoms with Gasteiger partial charge in [0, 0.05) is 10.9 Å². The predicted molar refractivity (Wildman–Crippen MR) is 101 cm³/mol. The number of furan rings is 1. The Hall–Kier alpha value is -2.63. The highest BCUT2D eigenvalue weighted by Crippen LogP contribution is 2.32. The van der Waals surface area contributed by atoms with Crippen LogP contribution >= 0.6 is 0 Å². The van der Waals surface area contributed by atoms with Gasteiger partial charge in [0.2, 0.25) is 9.84 Å². The average Bonchev–Trinajstić information content (AvgIpc) is 3.05. The van der Waals surface area contributed by atoms with E-state index in [1.165, 1.54) is 0 Å². The molecule has 0 unspecified atom stereocenters. The summed E-state index contributed by atoms with van der Waals surface area (Å²) in [5, 5.41) is 6.13. The molecule has 1 aromatic heterocycles. The van der Waals surface area contributed by atoms with Crippen molar-refractivity contribution in [1.82, 2.24) is 5.32 Å². The van der Waals surface area contributed by atoms with E-state index in [9.17, 15) is 8.42 Å². The van der Waals surface area contributed by atoms with E-state index in [4.69, 9.17) is 4.42 Å². The zero-order valence-corrected chi connectivity index (χ0v) is 14.8. The van der Waals surface area contributed by atoms with Crippen LogP contribution in [0.2, 0.25) is 0 Å². The Bertz CT molecular complexity index is 1250. The van der Waals surface area contributed by atoms with Gasteiger partial charge in [-0.2, -0.15) is 0 Å². The fourth-order valence-electron chi connectivity index (χ4n) is 3.65. The van der Waals surface area contributed by atoms with E-state index in [2.05, 4.69) is 5.32 Å². The van der Waals surface area contributed by atoms with Crippen LogP contribution in [-0.2, 0) is 22.8 Å². The van der Waals surface area contributed by atoms with E-state index in [0.717, 1.165) is 46.0 Å². The number of rotatable bonds is 2. The molecule has 26 heavy (non-hydrogen) atoms. The van der Waals surface area contributed by atoms with Gasteiger partial charge in [-0.05, 0) is 54.1 Å². The zero-order chi connectivity index (χ0) is 17.7. The molecular formula is C21H17NO3S. The van der Waals surface area contributed by atoms with Crippen LogP contribution in [0, 0.1) is 0 Å². The SMILES string of the molecule is O=S(=O)(c1ccc2ccccc2c1)c1ccc2oc3c(c2c1)CCNC3. The monoisotopic (exact) mass is 363 g/mol. The first-order valence-electron chi connectivity index (χ1n) is 8.62. The summed E-state index contributed by atoms with van der Waals surface area (Å²) in [5.74, 6) is 0.909. The van der Waals surface area contributed by atoms with Gasteiger partial charge >= 0.3 is 0 Å². The fraction of sp³-hybridized carbons (Fsp3) is 0.143. The molecule has 1 aliphatic rings. The van der Waals surface area contributed by atoms with Crippen LogP contribution in [0.5, 0.6) is 0 Å². The quantitative estimate of drug-likeness (QED) is 0.583. The van der Waals surface area contributed by atoms with Gasteiger partial charge in [0.15, 0.2) is 0 Å². The molecular weight excluding hydrogens is 346 g/mol. The summed E-state index contributed by atoms with van der Waals surface area (Å²) >= 11 is 0. The fourth-order valence-corrected chi connectivity index (χ4v) is 4.97. The normalized spacial score (nSPS) is 14.6. The van der Waals surface area contributed by atoms with Crippen LogP contribution in [0.15, 0.2) is 74.9 Å². The predicted octanol–water partition coefficient (Wildman–Crippen LogP) is 4.06. The molecule has 5 heteroatoms. The lowest BCUT2D eigenvalue weighted by Gasteiger charge is -2.11. The summed E-state index contributed by atoms with van der Waals surface area (Å²) in [5.41, 5.74) is 1.87. The lowest BCUT2D eigenvalue weighted by Crippen LogP contribution is -2.22. The highest BCUT2D eigenvalue weighted by atomic mass is 32.2. The third-order valence-corrected chi connectivity index (χ3v) is 6.77. The van der Waals surface area contributed by atoms with Crippen molar-refractivity contribution in [2.45, 2.75) is 22.8 Å². The van der Waals surface area contributed by atoms with Gasteiger partial charge in [-0.25, -0.2) is 8.42 Å². The molecule has 130 valence electrons. The molecule has 0 fully saturated rings. The zero-order valence-electron chi connectivity index (χ0n) is 14.0. The number of nitrogens with one attached hydrogen (secondary N) is 1. The van der Waals surface area contributed by atoms with E-state index in [-0.39, 0.29) is 0 Å². The van der Waals surface area contributed by atoms with E-state index in [1.54, 1.807) is 30.3 Å². The van der Waals surface area contributed by atoms with E-state index < -0.39 is 9.84 Å². The Labute approximate surface area is 151 Å². The summed E-state index contributed by atoms with van der Waals surface area (Å²) in [6, 6.07) is 18.2. The van der Waals surface area contributed by atoms with Gasteiger partial charge in [0.25, 0.3) is 0 Å². The van der Waals surface area contributed by atoms with Crippen molar-refractivity contribution in [2.75, 3.05) is 6.54 Å². The maximum absolute atomic E-state index is 13.2. The van der Waals surface area contributed by atoms with E-state index in [1.807, 2.05) is 30.3 Å². The molecule has 0 bridgehead atoms. The molecule has 0 radical (unpaired) electrons. The van der Waals surface area contributed by atoms with Crippen LogP contribution in [0.25, 0.3) is 21.7 Å². The first-order chi connectivity index (χ1) is 12.6. The smallest absolute Gasteiger partial charge is 0.206 e. The summed E-state index contributed by atoms with van der Waals surface area (Å²) in [6.45, 7) is 1.57. The minimum Gasteiger partial charge on any atom is -0.459 e. The largest absolute Gasteiger partial charge is 0.459 e. The Morgan fingerprint density at radius 1 is 0.885 bits per heavy atom. The van der Waals surface area contributed by atoms with Crippen molar-refractivity contribution < 1.29 is 12.8 Å². The summed E-state index contributed by atoms with van der Waals surface area (Å²) < 4.78 is 32.2. The van der Waals surface area contributed by atoms with Gasteiger partial charge in [0.1, 0.15) is 11.3 Å². The third kappa shape index (κ3) is 2.35. The molecule has 0 atom stereocenters. The molecule has 1 N–H and O–H groups in total. The van der Waals surface area contributed by atoms with Crippen LogP contribution < -0.4 is 5.32 Å². The molecule has 0 aliphatic carbocycles. The lowest BCUT2D eigenvalue weighted by molar-refractivity contribution is 0.488. The van der Waals surface area contributed by atoms with Crippen LogP contribution in [0.4, 0.5) is 0 Å². The van der Waals surface area contributed by atoms with Crippen molar-refractivity contribution in [2.24, 2.45) is 0 Å². The minimum absolute atomic E-state index is 0.308. The highest BCUT2D eigenvalue weighted by Gasteiger charge is 2.22. The number of hydrogen-bond donors (Lipinski definition) is 1. The van der Waals surface area contributed by atoms with Crippen LogP contribution in [0.1, 0.15) is 11.3 Å². The first-order valence-corrected chi connectivity index (χ1v) is 10.1. The molecule has 0 amide bonds. The van der Waals surface area contributed by atoms with Crippen LogP contribution in [-0.4, -0.2) is 15.0 Å². The molecule has 4 aromatic rings. The lowest BCUT2D eigenvalue weighted by atomic mass is 10.1. The Morgan fingerprint density at radius 3 is 2.54 bits per heavy atom. The highest BCUT2D eigenvalue weighted by molar-refractivity contribution is 7.91. The van der Waals surface area contributed by atoms with Gasteiger partial charge in [-0.3, -0.25) is 0 Å². The van der Waals surface area contributed by atoms with Crippen molar-refractivity contribution in [3.05, 3.63) is 72.0 Å². The second-order valence-corrected chi connectivity index (χ2v) is 8.55.